The van der Waals surface area contributed by atoms with Crippen LogP contribution in [0.25, 0.3) is 0 Å². The fourth-order valence-electron chi connectivity index (χ4n) is 2.76. The summed E-state index contributed by atoms with van der Waals surface area (Å²) in [6.07, 6.45) is -1.93. The highest BCUT2D eigenvalue weighted by molar-refractivity contribution is 5.15. The lowest BCUT2D eigenvalue weighted by Gasteiger charge is -2.23. The molecule has 2 aromatic carbocycles. The van der Waals surface area contributed by atoms with Crippen LogP contribution in [0.5, 0.6) is 0 Å². The van der Waals surface area contributed by atoms with Crippen LogP contribution in [0.4, 0.5) is 4.39 Å². The minimum atomic E-state index is -1.86. The van der Waals surface area contributed by atoms with E-state index < -0.39 is 18.1 Å². The van der Waals surface area contributed by atoms with Crippen LogP contribution in [0.1, 0.15) is 17.5 Å². The van der Waals surface area contributed by atoms with Crippen molar-refractivity contribution in [3.63, 3.8) is 0 Å². The quantitative estimate of drug-likeness (QED) is 0.769. The Kier molecular flexibility index (Phi) is 5.77. The summed E-state index contributed by atoms with van der Waals surface area (Å²) in [4.78, 5) is 0. The van der Waals surface area contributed by atoms with Gasteiger partial charge in [0, 0.05) is 6.42 Å². The number of ether oxygens (including phenoxy) is 3. The first-order chi connectivity index (χ1) is 12.2. The van der Waals surface area contributed by atoms with Gasteiger partial charge in [-0.15, -0.1) is 0 Å². The van der Waals surface area contributed by atoms with Crippen molar-refractivity contribution >= 4 is 0 Å². The number of nitriles is 1. The standard InChI is InChI=1S/C20H20FNO3/c21-19-11-18(14-23-12-16-7-3-1-4-8-16)25-20(19,15-22)24-13-17-9-5-2-6-10-17/h1-10,18-19H,11-14H2. The maximum Gasteiger partial charge on any atom is 0.292 e. The van der Waals surface area contributed by atoms with E-state index >= 15 is 0 Å². The van der Waals surface area contributed by atoms with Crippen LogP contribution in [0.2, 0.25) is 0 Å². The molecule has 2 aromatic rings. The third-order valence-corrected chi connectivity index (χ3v) is 4.09. The minimum absolute atomic E-state index is 0.0805. The second-order valence-electron chi connectivity index (χ2n) is 6.00. The van der Waals surface area contributed by atoms with Gasteiger partial charge in [-0.05, 0) is 11.1 Å². The molecule has 0 amide bonds. The molecule has 0 radical (unpaired) electrons. The van der Waals surface area contributed by atoms with Gasteiger partial charge >= 0.3 is 0 Å². The van der Waals surface area contributed by atoms with Crippen molar-refractivity contribution in [1.29, 1.82) is 5.26 Å². The van der Waals surface area contributed by atoms with E-state index in [2.05, 4.69) is 0 Å². The van der Waals surface area contributed by atoms with E-state index in [1.807, 2.05) is 66.7 Å². The van der Waals surface area contributed by atoms with Gasteiger partial charge in [-0.1, -0.05) is 60.7 Å². The monoisotopic (exact) mass is 341 g/mol. The van der Waals surface area contributed by atoms with E-state index in [1.54, 1.807) is 0 Å². The first-order valence-electron chi connectivity index (χ1n) is 8.24. The maximum atomic E-state index is 14.4. The molecule has 1 aliphatic rings. The lowest BCUT2D eigenvalue weighted by Crippen LogP contribution is -2.38. The van der Waals surface area contributed by atoms with Crippen LogP contribution in [-0.2, 0) is 27.4 Å². The van der Waals surface area contributed by atoms with E-state index in [-0.39, 0.29) is 19.6 Å². The SMILES string of the molecule is N#CC1(OCc2ccccc2)OC(COCc2ccccc2)CC1F. The van der Waals surface area contributed by atoms with Gasteiger partial charge in [0.2, 0.25) is 0 Å². The van der Waals surface area contributed by atoms with Crippen molar-refractivity contribution in [2.45, 2.75) is 37.7 Å². The second-order valence-corrected chi connectivity index (χ2v) is 6.00. The smallest absolute Gasteiger partial charge is 0.292 e. The summed E-state index contributed by atoms with van der Waals surface area (Å²) in [5.41, 5.74) is 1.89. The summed E-state index contributed by atoms with van der Waals surface area (Å²) in [7, 11) is 0. The van der Waals surface area contributed by atoms with Crippen LogP contribution in [0, 0.1) is 11.3 Å². The highest BCUT2D eigenvalue weighted by Crippen LogP contribution is 2.35. The molecule has 0 N–H and O–H groups in total. The molecule has 3 rings (SSSR count). The fourth-order valence-corrected chi connectivity index (χ4v) is 2.76. The summed E-state index contributed by atoms with van der Waals surface area (Å²) in [6.45, 7) is 0.752. The topological polar surface area (TPSA) is 51.5 Å². The van der Waals surface area contributed by atoms with Gasteiger partial charge in [0.1, 0.15) is 6.07 Å². The predicted octanol–water partition coefficient (Wildman–Crippen LogP) is 3.77. The van der Waals surface area contributed by atoms with E-state index in [1.165, 1.54) is 0 Å². The number of benzene rings is 2. The van der Waals surface area contributed by atoms with Crippen LogP contribution in [0.15, 0.2) is 60.7 Å². The van der Waals surface area contributed by atoms with Gasteiger partial charge in [-0.25, -0.2) is 4.39 Å². The predicted molar refractivity (Wildman–Crippen MR) is 90.1 cm³/mol. The van der Waals surface area contributed by atoms with Gasteiger partial charge in [0.15, 0.2) is 6.17 Å². The molecular formula is C20H20FNO3. The molecule has 0 spiro atoms. The van der Waals surface area contributed by atoms with Crippen molar-refractivity contribution in [1.82, 2.24) is 0 Å². The summed E-state index contributed by atoms with van der Waals surface area (Å²) in [6, 6.07) is 20.9. The summed E-state index contributed by atoms with van der Waals surface area (Å²) >= 11 is 0. The largest absolute Gasteiger partial charge is 0.374 e. The molecule has 4 nitrogen and oxygen atoms in total. The molecule has 0 bridgehead atoms. The Labute approximate surface area is 146 Å². The number of hydrogen-bond donors (Lipinski definition) is 0. The van der Waals surface area contributed by atoms with Gasteiger partial charge in [0.25, 0.3) is 5.79 Å². The van der Waals surface area contributed by atoms with Gasteiger partial charge in [-0.3, -0.25) is 0 Å². The Morgan fingerprint density at radius 2 is 1.64 bits per heavy atom. The average Bonchev–Trinajstić information content (AvgIpc) is 2.98. The summed E-state index contributed by atoms with van der Waals surface area (Å²) in [5.74, 6) is -1.86. The minimum Gasteiger partial charge on any atom is -0.374 e. The third kappa shape index (κ3) is 4.43. The molecule has 0 aromatic heterocycles. The average molecular weight is 341 g/mol. The zero-order valence-corrected chi connectivity index (χ0v) is 13.8. The second kappa shape index (κ2) is 8.21. The summed E-state index contributed by atoms with van der Waals surface area (Å²) < 4.78 is 31.1. The number of alkyl halides is 1. The molecule has 1 aliphatic heterocycles. The maximum absolute atomic E-state index is 14.4. The first-order valence-corrected chi connectivity index (χ1v) is 8.24. The highest BCUT2D eigenvalue weighted by atomic mass is 19.1. The van der Waals surface area contributed by atoms with E-state index in [4.69, 9.17) is 14.2 Å². The first kappa shape index (κ1) is 17.6. The molecule has 1 saturated heterocycles. The Morgan fingerprint density at radius 3 is 2.24 bits per heavy atom. The zero-order valence-electron chi connectivity index (χ0n) is 13.8. The van der Waals surface area contributed by atoms with Crippen molar-refractivity contribution in [2.75, 3.05) is 6.61 Å². The van der Waals surface area contributed by atoms with E-state index in [0.717, 1.165) is 11.1 Å². The third-order valence-electron chi connectivity index (χ3n) is 4.09. The van der Waals surface area contributed by atoms with Gasteiger partial charge in [0.05, 0.1) is 25.9 Å². The Bertz CT molecular complexity index is 704. The van der Waals surface area contributed by atoms with E-state index in [9.17, 15) is 9.65 Å². The van der Waals surface area contributed by atoms with Crippen LogP contribution in [-0.4, -0.2) is 24.7 Å². The normalized spacial score (nSPS) is 25.6. The van der Waals surface area contributed by atoms with Crippen LogP contribution < -0.4 is 0 Å². The fraction of sp³-hybridized carbons (Fsp3) is 0.350. The molecule has 3 unspecified atom stereocenters. The van der Waals surface area contributed by atoms with Crippen LogP contribution in [0.3, 0.4) is 0 Å². The number of rotatable bonds is 7. The number of nitrogens with zero attached hydrogens (tertiary/aromatic N) is 1. The Morgan fingerprint density at radius 1 is 1.04 bits per heavy atom. The summed E-state index contributed by atoms with van der Waals surface area (Å²) in [5, 5.41) is 9.41. The molecule has 1 heterocycles. The molecule has 1 fully saturated rings. The number of halogens is 1. The van der Waals surface area contributed by atoms with Crippen molar-refractivity contribution in [2.24, 2.45) is 0 Å². The molecule has 130 valence electrons. The molecule has 5 heteroatoms. The van der Waals surface area contributed by atoms with Crippen LogP contribution >= 0.6 is 0 Å². The molecular weight excluding hydrogens is 321 g/mol. The van der Waals surface area contributed by atoms with Gasteiger partial charge < -0.3 is 14.2 Å². The lowest BCUT2D eigenvalue weighted by atomic mass is 10.1. The molecule has 3 atom stereocenters. The number of hydrogen-bond acceptors (Lipinski definition) is 4. The van der Waals surface area contributed by atoms with Crippen molar-refractivity contribution < 1.29 is 18.6 Å². The lowest BCUT2D eigenvalue weighted by molar-refractivity contribution is -0.220. The Hall–Kier alpha value is -2.26. The molecule has 0 aliphatic carbocycles. The zero-order chi connectivity index (χ0) is 17.5. The molecule has 25 heavy (non-hydrogen) atoms. The molecule has 0 saturated carbocycles. The van der Waals surface area contributed by atoms with Gasteiger partial charge in [-0.2, -0.15) is 5.26 Å². The van der Waals surface area contributed by atoms with E-state index in [0.29, 0.717) is 6.61 Å². The Balaban J connectivity index is 1.52. The van der Waals surface area contributed by atoms with Crippen molar-refractivity contribution in [3.8, 4) is 6.07 Å². The highest BCUT2D eigenvalue weighted by Gasteiger charge is 2.51. The van der Waals surface area contributed by atoms with Crippen molar-refractivity contribution in [3.05, 3.63) is 71.8 Å².